The van der Waals surface area contributed by atoms with E-state index < -0.39 is 63.7 Å². The lowest BCUT2D eigenvalue weighted by molar-refractivity contribution is -0.147. The molecule has 2 amide bonds. The molecule has 0 aromatic heterocycles. The second kappa shape index (κ2) is 7.96. The molecule has 3 aliphatic rings. The first kappa shape index (κ1) is 23.5. The zero-order valence-corrected chi connectivity index (χ0v) is 18.6. The number of primary amides is 1. The van der Waals surface area contributed by atoms with E-state index in [4.69, 9.17) is 5.73 Å². The van der Waals surface area contributed by atoms with E-state index in [0.29, 0.717) is 5.56 Å². The number of aliphatic hydroxyl groups excluding tert-OH is 2. The van der Waals surface area contributed by atoms with E-state index in [9.17, 15) is 39.6 Å². The van der Waals surface area contributed by atoms with Gasteiger partial charge in [-0.3, -0.25) is 19.2 Å². The summed E-state index contributed by atoms with van der Waals surface area (Å²) in [4.78, 5) is 51.2. The van der Waals surface area contributed by atoms with Gasteiger partial charge in [0.1, 0.15) is 22.8 Å². The molecule has 11 nitrogen and oxygen atoms in total. The molecule has 0 heterocycles. The van der Waals surface area contributed by atoms with Gasteiger partial charge in [-0.2, -0.15) is 0 Å². The van der Waals surface area contributed by atoms with Crippen LogP contribution in [0.4, 0.5) is 5.69 Å². The number of fused-ring (bicyclic) bond motifs is 3. The summed E-state index contributed by atoms with van der Waals surface area (Å²) in [6, 6.07) is 3.09. The number of carbonyl (C=O) groups excluding carboxylic acids is 4. The molecule has 3 aliphatic carbocycles. The minimum absolute atomic E-state index is 0.0260. The van der Waals surface area contributed by atoms with E-state index in [1.54, 1.807) is 25.1 Å². The first-order valence-electron chi connectivity index (χ1n) is 10.6. The molecular weight excluding hydrogens is 446 g/mol. The van der Waals surface area contributed by atoms with Crippen molar-refractivity contribution >= 4 is 34.8 Å². The molecule has 0 spiro atoms. The molecule has 3 atom stereocenters. The van der Waals surface area contributed by atoms with Gasteiger partial charge in [0.15, 0.2) is 11.4 Å². The van der Waals surface area contributed by atoms with Crippen LogP contribution in [0.25, 0.3) is 5.76 Å². The van der Waals surface area contributed by atoms with Crippen LogP contribution in [0.5, 0.6) is 5.75 Å². The van der Waals surface area contributed by atoms with Crippen LogP contribution >= 0.6 is 0 Å². The third kappa shape index (κ3) is 3.35. The SMILES string of the molecule is CN(C)CC(=O)Nc1ccc2c(c1O)C(O)=C1C(=O)[C@@]3(O)C(O)=C(C(N)=O)C(=O)C[C@H]3C[C@H]1C2. The summed E-state index contributed by atoms with van der Waals surface area (Å²) in [7, 11) is 3.39. The average Bonchev–Trinajstić information content (AvgIpc) is 2.72. The number of nitrogens with one attached hydrogen (secondary N) is 1. The Hall–Kier alpha value is -3.70. The van der Waals surface area contributed by atoms with Crippen molar-refractivity contribution in [2.24, 2.45) is 17.6 Å². The van der Waals surface area contributed by atoms with Crippen molar-refractivity contribution in [1.82, 2.24) is 4.90 Å². The molecule has 180 valence electrons. The van der Waals surface area contributed by atoms with Crippen LogP contribution in [0.15, 0.2) is 29.0 Å². The lowest BCUT2D eigenvalue weighted by Gasteiger charge is -2.46. The van der Waals surface area contributed by atoms with Gasteiger partial charge < -0.3 is 36.4 Å². The smallest absolute Gasteiger partial charge is 0.255 e. The summed E-state index contributed by atoms with van der Waals surface area (Å²) < 4.78 is 0. The highest BCUT2D eigenvalue weighted by atomic mass is 16.3. The number of ketones is 2. The topological polar surface area (TPSA) is 190 Å². The largest absolute Gasteiger partial charge is 0.508 e. The number of likely N-dealkylation sites (N-methyl/N-ethyl adjacent to an activating group) is 1. The molecule has 0 aliphatic heterocycles. The normalized spacial score (nSPS) is 26.2. The molecule has 0 saturated heterocycles. The molecule has 4 rings (SSSR count). The number of phenolic OH excluding ortho intramolecular Hbond substituents is 1. The fraction of sp³-hybridized carbons (Fsp3) is 0.391. The van der Waals surface area contributed by atoms with Crippen LogP contribution in [0.3, 0.4) is 0 Å². The number of phenols is 1. The molecule has 0 radical (unpaired) electrons. The standard InChI is InChI=1S/C23H25N3O8/c1-26(2)8-14(28)25-12-4-3-9-5-10-6-11-7-13(27)17(22(24)33)21(32)23(11,34)20(31)16(10)19(30)15(9)18(12)29/h3-4,10-11,29-30,32,34H,5-8H2,1-2H3,(H2,24,33)(H,25,28)/t10-,11-,23-/m1/s1. The lowest BCUT2D eigenvalue weighted by atomic mass is 9.59. The van der Waals surface area contributed by atoms with E-state index in [1.165, 1.54) is 6.07 Å². The highest BCUT2D eigenvalue weighted by Gasteiger charge is 2.60. The van der Waals surface area contributed by atoms with Crippen LogP contribution in [-0.2, 0) is 25.6 Å². The summed E-state index contributed by atoms with van der Waals surface area (Å²) in [5.74, 6) is -7.31. The average molecular weight is 471 g/mol. The second-order valence-electron chi connectivity index (χ2n) is 9.19. The maximum Gasteiger partial charge on any atom is 0.255 e. The molecule has 0 bridgehead atoms. The minimum Gasteiger partial charge on any atom is -0.508 e. The summed E-state index contributed by atoms with van der Waals surface area (Å²) in [6.45, 7) is 0.0467. The third-order valence-corrected chi connectivity index (χ3v) is 6.67. The zero-order chi connectivity index (χ0) is 25.1. The van der Waals surface area contributed by atoms with Gasteiger partial charge in [0.2, 0.25) is 11.7 Å². The summed E-state index contributed by atoms with van der Waals surface area (Å²) in [6.07, 6.45) is -0.108. The van der Waals surface area contributed by atoms with E-state index in [0.717, 1.165) is 0 Å². The number of anilines is 1. The van der Waals surface area contributed by atoms with Crippen LogP contribution in [0, 0.1) is 11.8 Å². The van der Waals surface area contributed by atoms with Crippen LogP contribution in [-0.4, -0.2) is 74.9 Å². The van der Waals surface area contributed by atoms with Gasteiger partial charge in [-0.1, -0.05) is 6.07 Å². The van der Waals surface area contributed by atoms with E-state index in [2.05, 4.69) is 5.32 Å². The quantitative estimate of drug-likeness (QED) is 0.258. The van der Waals surface area contributed by atoms with Crippen molar-refractivity contribution in [3.63, 3.8) is 0 Å². The molecule has 1 saturated carbocycles. The van der Waals surface area contributed by atoms with Crippen molar-refractivity contribution in [2.75, 3.05) is 26.0 Å². The first-order valence-corrected chi connectivity index (χ1v) is 10.6. The van der Waals surface area contributed by atoms with Gasteiger partial charge in [0.25, 0.3) is 5.91 Å². The van der Waals surface area contributed by atoms with Crippen LogP contribution < -0.4 is 11.1 Å². The van der Waals surface area contributed by atoms with Crippen LogP contribution in [0.2, 0.25) is 0 Å². The number of nitrogens with two attached hydrogens (primary N) is 1. The number of hydrogen-bond acceptors (Lipinski definition) is 9. The summed E-state index contributed by atoms with van der Waals surface area (Å²) in [5.41, 5.74) is 1.95. The Morgan fingerprint density at radius 3 is 2.47 bits per heavy atom. The number of amides is 2. The Morgan fingerprint density at radius 2 is 1.85 bits per heavy atom. The van der Waals surface area contributed by atoms with E-state index >= 15 is 0 Å². The number of aromatic hydroxyl groups is 1. The number of carbonyl (C=O) groups is 4. The highest BCUT2D eigenvalue weighted by molar-refractivity contribution is 6.22. The Morgan fingerprint density at radius 1 is 1.18 bits per heavy atom. The molecule has 11 heteroatoms. The number of rotatable bonds is 4. The van der Waals surface area contributed by atoms with Crippen LogP contribution in [0.1, 0.15) is 24.0 Å². The van der Waals surface area contributed by atoms with Gasteiger partial charge in [0.05, 0.1) is 17.8 Å². The Labute approximate surface area is 194 Å². The second-order valence-corrected chi connectivity index (χ2v) is 9.19. The molecule has 1 aromatic carbocycles. The van der Waals surface area contributed by atoms with Gasteiger partial charge in [-0.15, -0.1) is 0 Å². The Balaban J connectivity index is 1.81. The van der Waals surface area contributed by atoms with Crippen molar-refractivity contribution < 1.29 is 39.6 Å². The number of hydrogen-bond donors (Lipinski definition) is 6. The molecule has 1 aromatic rings. The fourth-order valence-electron chi connectivity index (χ4n) is 5.17. The number of aliphatic hydroxyl groups is 3. The maximum absolute atomic E-state index is 13.4. The maximum atomic E-state index is 13.4. The zero-order valence-electron chi connectivity index (χ0n) is 18.6. The van der Waals surface area contributed by atoms with Crippen molar-refractivity contribution in [2.45, 2.75) is 24.9 Å². The van der Waals surface area contributed by atoms with Gasteiger partial charge in [-0.05, 0) is 44.5 Å². The minimum atomic E-state index is -2.61. The predicted molar refractivity (Wildman–Crippen MR) is 119 cm³/mol. The number of Topliss-reactive ketones (excluding diaryl/α,β-unsaturated/α-hetero) is 2. The molecule has 0 unspecified atom stereocenters. The molecule has 1 fully saturated rings. The first-order chi connectivity index (χ1) is 15.9. The van der Waals surface area contributed by atoms with Gasteiger partial charge >= 0.3 is 0 Å². The predicted octanol–water partition coefficient (Wildman–Crippen LogP) is -0.0760. The molecule has 34 heavy (non-hydrogen) atoms. The van der Waals surface area contributed by atoms with E-state index in [1.807, 2.05) is 0 Å². The highest BCUT2D eigenvalue weighted by Crippen LogP contribution is 2.52. The van der Waals surface area contributed by atoms with Gasteiger partial charge in [0, 0.05) is 17.9 Å². The van der Waals surface area contributed by atoms with Gasteiger partial charge in [-0.25, -0.2) is 0 Å². The van der Waals surface area contributed by atoms with E-state index in [-0.39, 0.29) is 42.6 Å². The van der Waals surface area contributed by atoms with Crippen molar-refractivity contribution in [3.8, 4) is 5.75 Å². The Bertz CT molecular complexity index is 1210. The monoisotopic (exact) mass is 471 g/mol. The lowest BCUT2D eigenvalue weighted by Crippen LogP contribution is -2.58. The van der Waals surface area contributed by atoms with Crippen molar-refractivity contribution in [1.29, 1.82) is 0 Å². The summed E-state index contributed by atoms with van der Waals surface area (Å²) >= 11 is 0. The number of benzene rings is 1. The molecule has 7 N–H and O–H groups in total. The third-order valence-electron chi connectivity index (χ3n) is 6.67. The number of nitrogens with zero attached hydrogens (tertiary/aromatic N) is 1. The fourth-order valence-corrected chi connectivity index (χ4v) is 5.17. The van der Waals surface area contributed by atoms with Crippen molar-refractivity contribution in [3.05, 3.63) is 40.2 Å². The summed E-state index contributed by atoms with van der Waals surface area (Å²) in [5, 5.41) is 46.2. The Kier molecular flexibility index (Phi) is 5.49. The molecular formula is C23H25N3O8.